The van der Waals surface area contributed by atoms with Gasteiger partial charge in [0.15, 0.2) is 0 Å². The van der Waals surface area contributed by atoms with E-state index in [-0.39, 0.29) is 11.2 Å². The summed E-state index contributed by atoms with van der Waals surface area (Å²) in [5.41, 5.74) is -0.0424. The minimum Gasteiger partial charge on any atom is -0.389 e. The average Bonchev–Trinajstić information content (AvgIpc) is 2.25. The van der Waals surface area contributed by atoms with Gasteiger partial charge in [-0.25, -0.2) is 0 Å². The highest BCUT2D eigenvalue weighted by molar-refractivity contribution is 5.80. The van der Waals surface area contributed by atoms with Crippen LogP contribution in [0.25, 0.3) is 0 Å². The van der Waals surface area contributed by atoms with Crippen molar-refractivity contribution >= 4 is 5.78 Å². The topological polar surface area (TPSA) is 37.3 Å². The Morgan fingerprint density at radius 3 is 2.53 bits per heavy atom. The largest absolute Gasteiger partial charge is 0.389 e. The average molecular weight is 264 g/mol. The predicted octanol–water partition coefficient (Wildman–Crippen LogP) is 3.71. The highest BCUT2D eigenvalue weighted by Gasteiger charge is 2.60. The third-order valence-electron chi connectivity index (χ3n) is 6.80. The van der Waals surface area contributed by atoms with Crippen molar-refractivity contribution in [2.24, 2.45) is 22.7 Å². The Labute approximate surface area is 117 Å². The minimum absolute atomic E-state index is 0.245. The zero-order valence-electron chi connectivity index (χ0n) is 12.7. The van der Waals surface area contributed by atoms with E-state index in [9.17, 15) is 9.90 Å². The van der Waals surface area contributed by atoms with Crippen molar-refractivity contribution in [2.45, 2.75) is 77.7 Å². The van der Waals surface area contributed by atoms with Crippen molar-refractivity contribution in [2.75, 3.05) is 0 Å². The number of carbonyl (C=O) groups is 1. The summed E-state index contributed by atoms with van der Waals surface area (Å²) in [5, 5.41) is 11.0. The Bertz CT molecular complexity index is 400. The van der Waals surface area contributed by atoms with E-state index < -0.39 is 5.60 Å². The molecule has 0 saturated heterocycles. The van der Waals surface area contributed by atoms with E-state index in [0.29, 0.717) is 30.1 Å². The van der Waals surface area contributed by atoms with Gasteiger partial charge in [0, 0.05) is 12.8 Å². The van der Waals surface area contributed by atoms with E-state index in [1.165, 1.54) is 19.3 Å². The molecule has 0 aromatic rings. The zero-order chi connectivity index (χ0) is 13.9. The van der Waals surface area contributed by atoms with E-state index in [0.717, 1.165) is 19.3 Å². The fourth-order valence-electron chi connectivity index (χ4n) is 6.03. The lowest BCUT2D eigenvalue weighted by atomic mass is 9.43. The monoisotopic (exact) mass is 264 g/mol. The number of aliphatic hydroxyl groups is 1. The van der Waals surface area contributed by atoms with E-state index in [4.69, 9.17) is 0 Å². The van der Waals surface area contributed by atoms with Gasteiger partial charge in [0.2, 0.25) is 0 Å². The Kier molecular flexibility index (Phi) is 2.91. The molecule has 108 valence electrons. The molecule has 0 heterocycles. The van der Waals surface area contributed by atoms with Crippen LogP contribution in [0.1, 0.15) is 72.1 Å². The lowest BCUT2D eigenvalue weighted by molar-refractivity contribution is -0.190. The lowest BCUT2D eigenvalue weighted by Gasteiger charge is -2.62. The van der Waals surface area contributed by atoms with Gasteiger partial charge in [-0.2, -0.15) is 0 Å². The van der Waals surface area contributed by atoms with Crippen molar-refractivity contribution in [3.8, 4) is 0 Å². The molecule has 3 aliphatic rings. The highest BCUT2D eigenvalue weighted by Crippen LogP contribution is 2.64. The van der Waals surface area contributed by atoms with Gasteiger partial charge in [0.05, 0.1) is 5.60 Å². The summed E-state index contributed by atoms with van der Waals surface area (Å²) in [6, 6.07) is 0. The summed E-state index contributed by atoms with van der Waals surface area (Å²) in [6.45, 7) is 7.23. The molecule has 0 amide bonds. The second-order valence-electron chi connectivity index (χ2n) is 8.35. The number of Topliss-reactive ketones (excluding diaryl/α,β-unsaturated/α-hetero) is 1. The molecule has 0 aromatic heterocycles. The van der Waals surface area contributed by atoms with Gasteiger partial charge < -0.3 is 5.11 Å². The van der Waals surface area contributed by atoms with Gasteiger partial charge in [0.25, 0.3) is 0 Å². The number of ketones is 1. The molecule has 0 aliphatic heterocycles. The molecule has 3 fully saturated rings. The quantitative estimate of drug-likeness (QED) is 0.724. The third kappa shape index (κ3) is 1.90. The second-order valence-corrected chi connectivity index (χ2v) is 8.35. The SMILES string of the molecule is CC1(C)CCC[C@@]2(C)[C@H]1CC[C@@]1(O)CC(=O)CC[C@@H]12. The molecular weight excluding hydrogens is 236 g/mol. The molecule has 3 aliphatic carbocycles. The smallest absolute Gasteiger partial charge is 0.135 e. The first kappa shape index (κ1) is 13.6. The van der Waals surface area contributed by atoms with Crippen LogP contribution in [0.2, 0.25) is 0 Å². The van der Waals surface area contributed by atoms with E-state index in [1.807, 2.05) is 0 Å². The molecule has 0 spiro atoms. The van der Waals surface area contributed by atoms with Crippen LogP contribution in [0.4, 0.5) is 0 Å². The van der Waals surface area contributed by atoms with Crippen LogP contribution in [0.15, 0.2) is 0 Å². The number of hydrogen-bond donors (Lipinski definition) is 1. The summed E-state index contributed by atoms with van der Waals surface area (Å²) in [4.78, 5) is 11.8. The van der Waals surface area contributed by atoms with E-state index in [2.05, 4.69) is 20.8 Å². The second kappa shape index (κ2) is 4.07. The number of hydrogen-bond acceptors (Lipinski definition) is 2. The van der Waals surface area contributed by atoms with Crippen LogP contribution in [0.5, 0.6) is 0 Å². The molecule has 3 saturated carbocycles. The maximum atomic E-state index is 11.8. The summed E-state index contributed by atoms with van der Waals surface area (Å²) in [6.07, 6.45) is 7.80. The molecular formula is C17H28O2. The summed E-state index contributed by atoms with van der Waals surface area (Å²) < 4.78 is 0. The van der Waals surface area contributed by atoms with Crippen molar-refractivity contribution in [3.63, 3.8) is 0 Å². The Hall–Kier alpha value is -0.370. The fourth-order valence-corrected chi connectivity index (χ4v) is 6.03. The first-order valence-corrected chi connectivity index (χ1v) is 8.02. The molecule has 2 heteroatoms. The first-order chi connectivity index (χ1) is 8.78. The molecule has 0 unspecified atom stereocenters. The van der Waals surface area contributed by atoms with Gasteiger partial charge >= 0.3 is 0 Å². The summed E-state index contributed by atoms with van der Waals surface area (Å²) in [5.74, 6) is 1.33. The maximum absolute atomic E-state index is 11.8. The fraction of sp³-hybridized carbons (Fsp3) is 0.941. The van der Waals surface area contributed by atoms with Crippen LogP contribution in [-0.4, -0.2) is 16.5 Å². The Morgan fingerprint density at radius 2 is 1.79 bits per heavy atom. The van der Waals surface area contributed by atoms with Gasteiger partial charge in [-0.3, -0.25) is 4.79 Å². The molecule has 0 bridgehead atoms. The molecule has 0 radical (unpaired) electrons. The van der Waals surface area contributed by atoms with Crippen LogP contribution >= 0.6 is 0 Å². The summed E-state index contributed by atoms with van der Waals surface area (Å²) in [7, 11) is 0. The number of fused-ring (bicyclic) bond motifs is 3. The van der Waals surface area contributed by atoms with Crippen LogP contribution in [0.3, 0.4) is 0 Å². The molecule has 4 atom stereocenters. The normalized spacial score (nSPS) is 49.4. The van der Waals surface area contributed by atoms with Crippen molar-refractivity contribution in [1.29, 1.82) is 0 Å². The standard InChI is InChI=1S/C17H28O2/c1-15(2)8-4-9-16(3)13(15)7-10-17(19)11-12(18)5-6-14(16)17/h13-14,19H,4-11H2,1-3H3/t13-,14+,16-,17+/m0/s1. The van der Waals surface area contributed by atoms with Crippen LogP contribution < -0.4 is 0 Å². The van der Waals surface area contributed by atoms with Gasteiger partial charge in [-0.05, 0) is 54.8 Å². The Balaban J connectivity index is 1.97. The van der Waals surface area contributed by atoms with Crippen molar-refractivity contribution < 1.29 is 9.90 Å². The molecule has 0 aromatic carbocycles. The molecule has 1 N–H and O–H groups in total. The zero-order valence-corrected chi connectivity index (χ0v) is 12.7. The van der Waals surface area contributed by atoms with Gasteiger partial charge in [-0.15, -0.1) is 0 Å². The van der Waals surface area contributed by atoms with E-state index in [1.54, 1.807) is 0 Å². The third-order valence-corrected chi connectivity index (χ3v) is 6.80. The molecule has 2 nitrogen and oxygen atoms in total. The minimum atomic E-state index is -0.687. The van der Waals surface area contributed by atoms with Crippen LogP contribution in [-0.2, 0) is 4.79 Å². The lowest BCUT2D eigenvalue weighted by Crippen LogP contribution is -2.60. The maximum Gasteiger partial charge on any atom is 0.135 e. The molecule has 3 rings (SSSR count). The molecule has 19 heavy (non-hydrogen) atoms. The van der Waals surface area contributed by atoms with Gasteiger partial charge in [-0.1, -0.05) is 27.2 Å². The van der Waals surface area contributed by atoms with Crippen LogP contribution in [0, 0.1) is 22.7 Å². The van der Waals surface area contributed by atoms with Gasteiger partial charge in [0.1, 0.15) is 5.78 Å². The highest BCUT2D eigenvalue weighted by atomic mass is 16.3. The summed E-state index contributed by atoms with van der Waals surface area (Å²) >= 11 is 0. The predicted molar refractivity (Wildman–Crippen MR) is 75.8 cm³/mol. The number of rotatable bonds is 0. The Morgan fingerprint density at radius 1 is 1.05 bits per heavy atom. The number of carbonyl (C=O) groups excluding carboxylic acids is 1. The first-order valence-electron chi connectivity index (χ1n) is 8.02. The van der Waals surface area contributed by atoms with Crippen molar-refractivity contribution in [3.05, 3.63) is 0 Å². The van der Waals surface area contributed by atoms with E-state index >= 15 is 0 Å². The van der Waals surface area contributed by atoms with Crippen molar-refractivity contribution in [1.82, 2.24) is 0 Å².